The smallest absolute Gasteiger partial charge is 0.0210 e. The van der Waals surface area contributed by atoms with E-state index in [1.807, 2.05) is 11.8 Å². The predicted octanol–water partition coefficient (Wildman–Crippen LogP) is 4.07. The monoisotopic (exact) mass is 263 g/mol. The highest BCUT2D eigenvalue weighted by atomic mass is 32.2. The van der Waals surface area contributed by atoms with Gasteiger partial charge in [-0.15, -0.1) is 0 Å². The van der Waals surface area contributed by atoms with Crippen LogP contribution in [0.25, 0.3) is 0 Å². The minimum atomic E-state index is 0.719. The van der Waals surface area contributed by atoms with Crippen LogP contribution in [0.15, 0.2) is 18.2 Å². The van der Waals surface area contributed by atoms with Crippen molar-refractivity contribution in [3.8, 4) is 0 Å². The number of hydrogen-bond donors (Lipinski definition) is 1. The van der Waals surface area contributed by atoms with Crippen molar-refractivity contribution in [1.82, 2.24) is 5.32 Å². The normalized spacial score (nSPS) is 24.2. The van der Waals surface area contributed by atoms with Gasteiger partial charge in [0, 0.05) is 17.8 Å². The van der Waals surface area contributed by atoms with Crippen molar-refractivity contribution in [2.75, 3.05) is 6.26 Å². The number of rotatable bonds is 4. The van der Waals surface area contributed by atoms with E-state index in [0.717, 1.165) is 17.8 Å². The van der Waals surface area contributed by atoms with E-state index in [9.17, 15) is 0 Å². The maximum atomic E-state index is 3.75. The van der Waals surface area contributed by atoms with Gasteiger partial charge in [0.25, 0.3) is 0 Å². The third kappa shape index (κ3) is 3.76. The zero-order valence-corrected chi connectivity index (χ0v) is 12.6. The van der Waals surface area contributed by atoms with Crippen molar-refractivity contribution in [1.29, 1.82) is 0 Å². The molecule has 0 heterocycles. The average Bonchev–Trinajstić information content (AvgIpc) is 2.38. The number of nitrogens with one attached hydrogen (secondary N) is 1. The van der Waals surface area contributed by atoms with Gasteiger partial charge in [-0.25, -0.2) is 0 Å². The Hall–Kier alpha value is -0.470. The second-order valence-corrected chi connectivity index (χ2v) is 6.67. The van der Waals surface area contributed by atoms with Crippen LogP contribution in [0.1, 0.15) is 42.4 Å². The van der Waals surface area contributed by atoms with Crippen molar-refractivity contribution in [2.45, 2.75) is 57.4 Å². The summed E-state index contributed by atoms with van der Waals surface area (Å²) in [4.78, 5) is 0. The Balaban J connectivity index is 1.87. The molecule has 100 valence electrons. The Morgan fingerprint density at radius 2 is 2.11 bits per heavy atom. The summed E-state index contributed by atoms with van der Waals surface area (Å²) >= 11 is 2.04. The molecule has 0 bridgehead atoms. The first-order valence-electron chi connectivity index (χ1n) is 7.01. The highest BCUT2D eigenvalue weighted by molar-refractivity contribution is 7.99. The molecule has 1 aliphatic rings. The van der Waals surface area contributed by atoms with E-state index in [1.165, 1.54) is 42.4 Å². The molecular formula is C16H25NS. The average molecular weight is 263 g/mol. The fraction of sp³-hybridized carbons (Fsp3) is 0.625. The molecule has 0 amide bonds. The lowest BCUT2D eigenvalue weighted by Crippen LogP contribution is -2.34. The van der Waals surface area contributed by atoms with Crippen LogP contribution < -0.4 is 5.32 Å². The lowest BCUT2D eigenvalue weighted by Gasteiger charge is -2.29. The number of aryl methyl sites for hydroxylation is 2. The van der Waals surface area contributed by atoms with Gasteiger partial charge in [-0.05, 0) is 50.5 Å². The molecule has 2 rings (SSSR count). The van der Waals surface area contributed by atoms with Gasteiger partial charge >= 0.3 is 0 Å². The van der Waals surface area contributed by atoms with Gasteiger partial charge < -0.3 is 5.32 Å². The zero-order chi connectivity index (χ0) is 13.0. The quantitative estimate of drug-likeness (QED) is 0.879. The first kappa shape index (κ1) is 14.0. The second kappa shape index (κ2) is 6.63. The van der Waals surface area contributed by atoms with E-state index >= 15 is 0 Å². The van der Waals surface area contributed by atoms with E-state index in [2.05, 4.69) is 43.6 Å². The number of benzene rings is 1. The summed E-state index contributed by atoms with van der Waals surface area (Å²) in [6.45, 7) is 5.40. The molecule has 0 spiro atoms. The molecule has 0 saturated heterocycles. The van der Waals surface area contributed by atoms with Crippen LogP contribution in [-0.2, 0) is 6.54 Å². The van der Waals surface area contributed by atoms with Gasteiger partial charge in [-0.3, -0.25) is 0 Å². The maximum absolute atomic E-state index is 3.75. The predicted molar refractivity (Wildman–Crippen MR) is 82.3 cm³/mol. The van der Waals surface area contributed by atoms with Gasteiger partial charge in [0.15, 0.2) is 0 Å². The summed E-state index contributed by atoms with van der Waals surface area (Å²) in [6, 6.07) is 7.49. The number of hydrogen-bond acceptors (Lipinski definition) is 2. The molecule has 1 aromatic rings. The van der Waals surface area contributed by atoms with Crippen LogP contribution in [0, 0.1) is 13.8 Å². The molecule has 1 aromatic carbocycles. The Labute approximate surface area is 116 Å². The van der Waals surface area contributed by atoms with Crippen LogP contribution in [0.3, 0.4) is 0 Å². The molecule has 18 heavy (non-hydrogen) atoms. The Kier molecular flexibility index (Phi) is 5.13. The Morgan fingerprint density at radius 3 is 2.83 bits per heavy atom. The maximum Gasteiger partial charge on any atom is 0.0210 e. The van der Waals surface area contributed by atoms with Crippen molar-refractivity contribution >= 4 is 11.8 Å². The van der Waals surface area contributed by atoms with Crippen molar-refractivity contribution in [3.05, 3.63) is 34.9 Å². The fourth-order valence-corrected chi connectivity index (χ4v) is 3.67. The van der Waals surface area contributed by atoms with Crippen molar-refractivity contribution < 1.29 is 0 Å². The zero-order valence-electron chi connectivity index (χ0n) is 11.8. The molecule has 0 aliphatic heterocycles. The lowest BCUT2D eigenvalue weighted by molar-refractivity contribution is 0.379. The molecule has 2 atom stereocenters. The Morgan fingerprint density at radius 1 is 1.28 bits per heavy atom. The summed E-state index contributed by atoms with van der Waals surface area (Å²) in [5.74, 6) is 0. The van der Waals surface area contributed by atoms with Crippen LogP contribution in [0.2, 0.25) is 0 Å². The standard InChI is InChI=1S/C16H25NS/c1-12-7-8-14(13(2)9-12)11-17-15-5-4-6-16(10-15)18-3/h7-9,15-17H,4-6,10-11H2,1-3H3. The molecule has 1 aliphatic carbocycles. The van der Waals surface area contributed by atoms with E-state index in [0.29, 0.717) is 0 Å². The summed E-state index contributed by atoms with van der Waals surface area (Å²) < 4.78 is 0. The molecule has 1 fully saturated rings. The summed E-state index contributed by atoms with van der Waals surface area (Å²) in [5, 5.41) is 4.62. The molecule has 1 N–H and O–H groups in total. The van der Waals surface area contributed by atoms with E-state index in [4.69, 9.17) is 0 Å². The molecule has 2 unspecified atom stereocenters. The fourth-order valence-electron chi connectivity index (χ4n) is 2.84. The minimum Gasteiger partial charge on any atom is -0.310 e. The molecular weight excluding hydrogens is 238 g/mol. The molecule has 0 radical (unpaired) electrons. The van der Waals surface area contributed by atoms with Gasteiger partial charge in [-0.1, -0.05) is 30.2 Å². The molecule has 1 nitrogen and oxygen atoms in total. The van der Waals surface area contributed by atoms with Crippen molar-refractivity contribution in [2.24, 2.45) is 0 Å². The van der Waals surface area contributed by atoms with Gasteiger partial charge in [0.2, 0.25) is 0 Å². The van der Waals surface area contributed by atoms with Gasteiger partial charge in [0.05, 0.1) is 0 Å². The van der Waals surface area contributed by atoms with E-state index < -0.39 is 0 Å². The lowest BCUT2D eigenvalue weighted by atomic mass is 9.94. The van der Waals surface area contributed by atoms with Gasteiger partial charge in [0.1, 0.15) is 0 Å². The first-order chi connectivity index (χ1) is 8.69. The van der Waals surface area contributed by atoms with Crippen LogP contribution in [0.4, 0.5) is 0 Å². The highest BCUT2D eigenvalue weighted by Crippen LogP contribution is 2.27. The van der Waals surface area contributed by atoms with Gasteiger partial charge in [-0.2, -0.15) is 11.8 Å². The van der Waals surface area contributed by atoms with E-state index in [-0.39, 0.29) is 0 Å². The topological polar surface area (TPSA) is 12.0 Å². The minimum absolute atomic E-state index is 0.719. The Bertz CT molecular complexity index is 389. The van der Waals surface area contributed by atoms with Crippen LogP contribution in [0.5, 0.6) is 0 Å². The molecule has 1 saturated carbocycles. The third-order valence-electron chi connectivity index (χ3n) is 4.04. The molecule has 0 aromatic heterocycles. The summed E-state index contributed by atoms with van der Waals surface area (Å²) in [6.07, 6.45) is 7.73. The van der Waals surface area contributed by atoms with Crippen LogP contribution in [-0.4, -0.2) is 17.5 Å². The largest absolute Gasteiger partial charge is 0.310 e. The van der Waals surface area contributed by atoms with Crippen molar-refractivity contribution in [3.63, 3.8) is 0 Å². The SMILES string of the molecule is CSC1CCCC(NCc2ccc(C)cc2C)C1. The van der Waals surface area contributed by atoms with Crippen LogP contribution >= 0.6 is 11.8 Å². The first-order valence-corrected chi connectivity index (χ1v) is 8.30. The molecule has 2 heteroatoms. The number of thioether (sulfide) groups is 1. The van der Waals surface area contributed by atoms with E-state index in [1.54, 1.807) is 0 Å². The second-order valence-electron chi connectivity index (χ2n) is 5.53. The highest BCUT2D eigenvalue weighted by Gasteiger charge is 2.20. The third-order valence-corrected chi connectivity index (χ3v) is 5.13. The summed E-state index contributed by atoms with van der Waals surface area (Å²) in [7, 11) is 0. The summed E-state index contributed by atoms with van der Waals surface area (Å²) in [5.41, 5.74) is 4.22.